The number of carbonyl (C=O) groups excluding carboxylic acids is 1. The second kappa shape index (κ2) is 15.5. The molecule has 1 saturated heterocycles. The molecule has 3 aromatic rings. The van der Waals surface area contributed by atoms with Gasteiger partial charge in [0.1, 0.15) is 18.5 Å². The van der Waals surface area contributed by atoms with E-state index in [-0.39, 0.29) is 50.2 Å². The van der Waals surface area contributed by atoms with E-state index >= 15 is 0 Å². The van der Waals surface area contributed by atoms with E-state index in [1.807, 2.05) is 44.2 Å². The molecular weight excluding hydrogens is 616 g/mol. The van der Waals surface area contributed by atoms with Crippen LogP contribution in [0.2, 0.25) is 5.02 Å². The van der Waals surface area contributed by atoms with E-state index in [0.717, 1.165) is 34.3 Å². The van der Waals surface area contributed by atoms with Gasteiger partial charge < -0.3 is 30.2 Å². The van der Waals surface area contributed by atoms with Gasteiger partial charge in [0.05, 0.1) is 30.4 Å². The summed E-state index contributed by atoms with van der Waals surface area (Å²) in [5.41, 5.74) is 8.92. The van der Waals surface area contributed by atoms with Gasteiger partial charge in [-0.1, -0.05) is 41.9 Å². The highest BCUT2D eigenvalue weighted by molar-refractivity contribution is 6.36. The number of fused-ring (bicyclic) bond motifs is 2. The number of carbonyl (C=O) groups is 1. The van der Waals surface area contributed by atoms with Crippen LogP contribution in [0.1, 0.15) is 31.5 Å². The molecular formula is C33H40ClF2N7O3. The maximum atomic E-state index is 13.6. The first-order valence-corrected chi connectivity index (χ1v) is 15.5. The monoisotopic (exact) mass is 655 g/mol. The van der Waals surface area contributed by atoms with Gasteiger partial charge in [-0.25, -0.2) is 15.4 Å². The molecule has 0 aliphatic carbocycles. The summed E-state index contributed by atoms with van der Waals surface area (Å²) in [6.45, 7) is 12.3. The average Bonchev–Trinajstić information content (AvgIpc) is 3.30. The van der Waals surface area contributed by atoms with Crippen molar-refractivity contribution < 1.29 is 23.4 Å². The summed E-state index contributed by atoms with van der Waals surface area (Å²) in [5, 5.41) is 11.3. The Morgan fingerprint density at radius 3 is 2.72 bits per heavy atom. The molecule has 1 amide bonds. The van der Waals surface area contributed by atoms with Crippen molar-refractivity contribution in [2.75, 3.05) is 57.1 Å². The topological polar surface area (TPSA) is 112 Å². The van der Waals surface area contributed by atoms with Crippen LogP contribution in [0, 0.1) is 6.57 Å². The van der Waals surface area contributed by atoms with E-state index in [2.05, 4.69) is 25.8 Å². The third kappa shape index (κ3) is 8.40. The van der Waals surface area contributed by atoms with Crippen molar-refractivity contribution in [3.05, 3.63) is 76.2 Å². The second-order valence-electron chi connectivity index (χ2n) is 11.4. The number of anilines is 2. The Hall–Kier alpha value is -4.05. The van der Waals surface area contributed by atoms with Crippen LogP contribution in [0.4, 0.5) is 20.3 Å². The Balaban J connectivity index is 0.000000292. The van der Waals surface area contributed by atoms with E-state index in [4.69, 9.17) is 33.8 Å². The Morgan fingerprint density at radius 1 is 1.33 bits per heavy atom. The van der Waals surface area contributed by atoms with Crippen molar-refractivity contribution in [1.82, 2.24) is 19.8 Å². The van der Waals surface area contributed by atoms with Crippen LogP contribution in [0.15, 0.2) is 48.6 Å². The lowest BCUT2D eigenvalue weighted by molar-refractivity contribution is -0.127. The number of likely N-dealkylation sites (tertiary alicyclic amines) is 1. The maximum absolute atomic E-state index is 13.6. The van der Waals surface area contributed by atoms with Crippen LogP contribution >= 0.6 is 11.6 Å². The zero-order valence-corrected chi connectivity index (χ0v) is 27.1. The number of ether oxygens (including phenoxy) is 1. The van der Waals surface area contributed by atoms with Crippen molar-refractivity contribution in [3.63, 3.8) is 0 Å². The number of aromatic nitrogens is 2. The predicted octanol–water partition coefficient (Wildman–Crippen LogP) is 4.84. The largest absolute Gasteiger partial charge is 0.462 e. The molecule has 2 aromatic carbocycles. The molecule has 13 heteroatoms. The first kappa shape index (κ1) is 34.8. The summed E-state index contributed by atoms with van der Waals surface area (Å²) in [6, 6.07) is 11.6. The summed E-state index contributed by atoms with van der Waals surface area (Å²) in [4.78, 5) is 29.0. The minimum Gasteiger partial charge on any atom is -0.462 e. The standard InChI is InChI=1S/C23H24ClF2N5O.C10H16N2O2/c1-30-13-23(25,26)10-15(30)12-32-22-28-18-11-31(9-8-16(18)21(27)29-22)19-7-3-5-14-4-2-6-17(24)20(14)19;1-4-12(9(2)8-11-3)10(14)6-5-7-13/h2-7,15H,8-13H2,1H3,(H2,27,28,29);5-6,9,13H,4,7-8H2,1-2H3/b;6-5+/t15-;9-/m01/s1. The molecule has 2 aliphatic heterocycles. The number of aliphatic hydroxyl groups is 1. The molecule has 3 N–H and O–H groups in total. The van der Waals surface area contributed by atoms with Gasteiger partial charge in [-0.3, -0.25) is 9.69 Å². The third-order valence-electron chi connectivity index (χ3n) is 8.17. The molecule has 1 aromatic heterocycles. The fourth-order valence-electron chi connectivity index (χ4n) is 5.83. The number of halogens is 3. The highest BCUT2D eigenvalue weighted by Crippen LogP contribution is 2.36. The lowest BCUT2D eigenvalue weighted by atomic mass is 10.0. The van der Waals surface area contributed by atoms with Crippen LogP contribution in [-0.4, -0.2) is 95.2 Å². The van der Waals surface area contributed by atoms with Crippen LogP contribution in [-0.2, 0) is 17.8 Å². The van der Waals surface area contributed by atoms with Crippen LogP contribution < -0.4 is 15.4 Å². The number of hydrogen-bond donors (Lipinski definition) is 2. The van der Waals surface area contributed by atoms with Gasteiger partial charge in [0, 0.05) is 48.3 Å². The van der Waals surface area contributed by atoms with Gasteiger partial charge in [-0.15, -0.1) is 0 Å². The lowest BCUT2D eigenvalue weighted by Gasteiger charge is -2.31. The van der Waals surface area contributed by atoms with E-state index < -0.39 is 5.92 Å². The molecule has 10 nitrogen and oxygen atoms in total. The number of nitrogen functional groups attached to an aromatic ring is 1. The van der Waals surface area contributed by atoms with Crippen LogP contribution in [0.3, 0.4) is 0 Å². The van der Waals surface area contributed by atoms with Crippen molar-refractivity contribution >= 4 is 39.8 Å². The smallest absolute Gasteiger partial charge is 0.318 e. The van der Waals surface area contributed by atoms with Gasteiger partial charge in [-0.2, -0.15) is 9.97 Å². The summed E-state index contributed by atoms with van der Waals surface area (Å²) < 4.78 is 33.0. The fourth-order valence-corrected chi connectivity index (χ4v) is 6.11. The Bertz CT molecular complexity index is 1590. The van der Waals surface area contributed by atoms with Crippen LogP contribution in [0.25, 0.3) is 15.6 Å². The molecule has 0 radical (unpaired) electrons. The number of amides is 1. The highest BCUT2D eigenvalue weighted by Gasteiger charge is 2.43. The molecule has 0 spiro atoms. The number of alkyl halides is 2. The molecule has 2 aliphatic rings. The number of aliphatic hydroxyl groups excluding tert-OH is 1. The average molecular weight is 656 g/mol. The van der Waals surface area contributed by atoms with E-state index in [9.17, 15) is 13.6 Å². The minimum atomic E-state index is -2.70. The lowest BCUT2D eigenvalue weighted by Crippen LogP contribution is -2.38. The molecule has 0 bridgehead atoms. The van der Waals surface area contributed by atoms with Crippen molar-refractivity contribution in [3.8, 4) is 6.01 Å². The van der Waals surface area contributed by atoms with E-state index in [0.29, 0.717) is 36.9 Å². The Kier molecular flexibility index (Phi) is 11.7. The second-order valence-corrected chi connectivity index (χ2v) is 11.8. The highest BCUT2D eigenvalue weighted by atomic mass is 35.5. The molecule has 46 heavy (non-hydrogen) atoms. The van der Waals surface area contributed by atoms with E-state index in [1.54, 1.807) is 16.8 Å². The summed E-state index contributed by atoms with van der Waals surface area (Å²) in [7, 11) is 1.67. The quantitative estimate of drug-likeness (QED) is 0.249. The molecule has 1 fully saturated rings. The van der Waals surface area contributed by atoms with Gasteiger partial charge >= 0.3 is 6.01 Å². The van der Waals surface area contributed by atoms with Crippen molar-refractivity contribution in [2.45, 2.75) is 51.2 Å². The number of likely N-dealkylation sites (N-methyl/N-ethyl adjacent to an activating group) is 2. The molecule has 0 unspecified atom stereocenters. The maximum Gasteiger partial charge on any atom is 0.318 e. The molecule has 0 saturated carbocycles. The van der Waals surface area contributed by atoms with Crippen molar-refractivity contribution in [2.24, 2.45) is 0 Å². The fraction of sp³-hybridized carbons (Fsp3) is 0.455. The first-order valence-electron chi connectivity index (χ1n) is 15.2. The molecule has 3 heterocycles. The molecule has 2 atom stereocenters. The summed E-state index contributed by atoms with van der Waals surface area (Å²) >= 11 is 6.52. The molecule has 5 rings (SSSR count). The number of rotatable bonds is 9. The Labute approximate surface area is 273 Å². The van der Waals surface area contributed by atoms with Crippen molar-refractivity contribution in [1.29, 1.82) is 0 Å². The van der Waals surface area contributed by atoms with Gasteiger partial charge in [0.15, 0.2) is 0 Å². The SMILES string of the molecule is CN1CC(F)(F)C[C@H]1COc1nc(N)c2c(n1)CN(c1cccc3cccc(Cl)c13)CC2.[C-]#[N+]C[C@@H](C)N(CC)C(=O)/C=C/CO. The normalized spacial score (nSPS) is 18.0. The predicted molar refractivity (Wildman–Crippen MR) is 176 cm³/mol. The zero-order chi connectivity index (χ0) is 33.4. The Morgan fingerprint density at radius 2 is 2.07 bits per heavy atom. The van der Waals surface area contributed by atoms with Crippen LogP contribution in [0.5, 0.6) is 6.01 Å². The van der Waals surface area contributed by atoms with E-state index in [1.165, 1.54) is 12.2 Å². The molecule has 246 valence electrons. The third-order valence-corrected chi connectivity index (χ3v) is 8.48. The van der Waals surface area contributed by atoms with Gasteiger partial charge in [0.2, 0.25) is 12.5 Å². The number of nitrogens with zero attached hydrogens (tertiary/aromatic N) is 6. The number of hydrogen-bond acceptors (Lipinski definition) is 8. The zero-order valence-electron chi connectivity index (χ0n) is 26.3. The minimum absolute atomic E-state index is 0.0756. The first-order chi connectivity index (χ1) is 22.0. The van der Waals surface area contributed by atoms with Gasteiger partial charge in [0.25, 0.3) is 5.92 Å². The summed E-state index contributed by atoms with van der Waals surface area (Å²) in [5.74, 6) is -2.47. The summed E-state index contributed by atoms with van der Waals surface area (Å²) in [6.07, 6.45) is 3.19. The van der Waals surface area contributed by atoms with Gasteiger partial charge in [-0.05, 0) is 44.8 Å². The number of nitrogens with two attached hydrogens (primary N) is 1. The number of benzene rings is 2.